The van der Waals surface area contributed by atoms with Crippen molar-refractivity contribution in [1.82, 2.24) is 4.31 Å². The van der Waals surface area contributed by atoms with Crippen LogP contribution in [0.25, 0.3) is 0 Å². The van der Waals surface area contributed by atoms with E-state index in [0.717, 1.165) is 11.1 Å². The third-order valence-corrected chi connectivity index (χ3v) is 6.58. The first-order valence-electron chi connectivity index (χ1n) is 8.17. The molecule has 138 valence electrons. The van der Waals surface area contributed by atoms with Gasteiger partial charge < -0.3 is 4.74 Å². The largest absolute Gasteiger partial charge is 0.375 e. The van der Waals surface area contributed by atoms with Crippen LogP contribution in [0.2, 0.25) is 10.0 Å². The van der Waals surface area contributed by atoms with E-state index in [1.807, 2.05) is 36.4 Å². The molecule has 2 aromatic carbocycles. The van der Waals surface area contributed by atoms with Gasteiger partial charge in [-0.05, 0) is 23.3 Å². The molecule has 0 saturated carbocycles. The van der Waals surface area contributed by atoms with Crippen molar-refractivity contribution in [3.63, 3.8) is 0 Å². The molecule has 26 heavy (non-hydrogen) atoms. The Morgan fingerprint density at radius 3 is 2.54 bits per heavy atom. The third-order valence-electron chi connectivity index (χ3n) is 4.11. The van der Waals surface area contributed by atoms with Crippen LogP contribution in [0.15, 0.2) is 60.7 Å². The number of sulfonamides is 1. The average molecular weight is 412 g/mol. The lowest BCUT2D eigenvalue weighted by molar-refractivity contribution is 0.0889. The standard InChI is InChI=1S/C19H19Cl2NO3S/c20-18-9-8-16(11-19(18)21)12-22-17(7-4-10-26(22,23)24)14-25-13-15-5-2-1-3-6-15/h1-9,11,17H,10,12-14H2/t17-/m0/s1. The molecule has 1 heterocycles. The summed E-state index contributed by atoms with van der Waals surface area (Å²) >= 11 is 12.0. The molecule has 0 amide bonds. The second kappa shape index (κ2) is 8.55. The molecular formula is C19H19Cl2NO3S. The van der Waals surface area contributed by atoms with E-state index >= 15 is 0 Å². The monoisotopic (exact) mass is 411 g/mol. The zero-order valence-corrected chi connectivity index (χ0v) is 16.3. The number of hydrogen-bond acceptors (Lipinski definition) is 3. The molecule has 0 radical (unpaired) electrons. The van der Waals surface area contributed by atoms with Gasteiger partial charge in [0.2, 0.25) is 10.0 Å². The first-order valence-corrected chi connectivity index (χ1v) is 10.5. The highest BCUT2D eigenvalue weighted by Crippen LogP contribution is 2.25. The van der Waals surface area contributed by atoms with Crippen LogP contribution in [-0.4, -0.2) is 31.1 Å². The van der Waals surface area contributed by atoms with Crippen molar-refractivity contribution in [1.29, 1.82) is 0 Å². The maximum absolute atomic E-state index is 12.5. The fraction of sp³-hybridized carbons (Fsp3) is 0.263. The van der Waals surface area contributed by atoms with Gasteiger partial charge in [0.25, 0.3) is 0 Å². The predicted octanol–water partition coefficient (Wildman–Crippen LogP) is 4.28. The molecule has 0 unspecified atom stereocenters. The van der Waals surface area contributed by atoms with Gasteiger partial charge in [-0.1, -0.05) is 71.8 Å². The van der Waals surface area contributed by atoms with Gasteiger partial charge in [-0.15, -0.1) is 0 Å². The summed E-state index contributed by atoms with van der Waals surface area (Å²) in [6.07, 6.45) is 3.56. The molecule has 1 aliphatic heterocycles. The summed E-state index contributed by atoms with van der Waals surface area (Å²) in [6, 6.07) is 14.6. The summed E-state index contributed by atoms with van der Waals surface area (Å²) in [5.74, 6) is -0.0104. The van der Waals surface area contributed by atoms with E-state index in [0.29, 0.717) is 16.7 Å². The summed E-state index contributed by atoms with van der Waals surface area (Å²) < 4.78 is 32.3. The molecule has 0 bridgehead atoms. The Hall–Kier alpha value is -1.37. The molecule has 0 aliphatic carbocycles. The Kier molecular flexibility index (Phi) is 6.37. The molecule has 0 fully saturated rings. The fourth-order valence-electron chi connectivity index (χ4n) is 2.78. The van der Waals surface area contributed by atoms with E-state index in [1.165, 1.54) is 4.31 Å². The van der Waals surface area contributed by atoms with Crippen molar-refractivity contribution in [2.75, 3.05) is 12.4 Å². The van der Waals surface area contributed by atoms with Gasteiger partial charge in [0.15, 0.2) is 0 Å². The van der Waals surface area contributed by atoms with Crippen molar-refractivity contribution in [3.05, 3.63) is 81.9 Å². The van der Waals surface area contributed by atoms with Crippen molar-refractivity contribution < 1.29 is 13.2 Å². The zero-order valence-electron chi connectivity index (χ0n) is 14.0. The second-order valence-corrected chi connectivity index (χ2v) is 8.85. The van der Waals surface area contributed by atoms with Crippen LogP contribution in [-0.2, 0) is 27.9 Å². The number of rotatable bonds is 6. The quantitative estimate of drug-likeness (QED) is 0.666. The zero-order chi connectivity index (χ0) is 18.6. The predicted molar refractivity (Wildman–Crippen MR) is 105 cm³/mol. The topological polar surface area (TPSA) is 46.6 Å². The maximum Gasteiger partial charge on any atom is 0.218 e. The minimum atomic E-state index is -3.40. The van der Waals surface area contributed by atoms with E-state index in [1.54, 1.807) is 24.3 Å². The SMILES string of the molecule is O=S1(=O)CC=C[C@@H](COCc2ccccc2)N1Cc1ccc(Cl)c(Cl)c1. The molecule has 7 heteroatoms. The molecule has 0 saturated heterocycles. The van der Waals surface area contributed by atoms with Crippen LogP contribution in [0.3, 0.4) is 0 Å². The number of benzene rings is 2. The van der Waals surface area contributed by atoms with E-state index in [-0.39, 0.29) is 24.9 Å². The molecule has 0 N–H and O–H groups in total. The Morgan fingerprint density at radius 1 is 1.04 bits per heavy atom. The summed E-state index contributed by atoms with van der Waals surface area (Å²) in [5.41, 5.74) is 1.83. The van der Waals surface area contributed by atoms with Crippen molar-refractivity contribution in [3.8, 4) is 0 Å². The average Bonchev–Trinajstić information content (AvgIpc) is 2.61. The number of nitrogens with zero attached hydrogens (tertiary/aromatic N) is 1. The molecule has 4 nitrogen and oxygen atoms in total. The lowest BCUT2D eigenvalue weighted by Crippen LogP contribution is -2.44. The Morgan fingerprint density at radius 2 is 1.81 bits per heavy atom. The molecule has 1 atom stereocenters. The van der Waals surface area contributed by atoms with Crippen LogP contribution >= 0.6 is 23.2 Å². The molecule has 3 rings (SSSR count). The summed E-state index contributed by atoms with van der Waals surface area (Å²) in [4.78, 5) is 0. The van der Waals surface area contributed by atoms with E-state index < -0.39 is 10.0 Å². The Bertz CT molecular complexity index is 885. The van der Waals surface area contributed by atoms with Gasteiger partial charge in [0.05, 0.1) is 35.1 Å². The minimum absolute atomic E-state index is 0.0104. The Balaban J connectivity index is 1.71. The van der Waals surface area contributed by atoms with Gasteiger partial charge >= 0.3 is 0 Å². The van der Waals surface area contributed by atoms with Crippen molar-refractivity contribution >= 4 is 33.2 Å². The van der Waals surface area contributed by atoms with Crippen LogP contribution in [0.4, 0.5) is 0 Å². The Labute approximate surface area is 164 Å². The molecule has 1 aliphatic rings. The summed E-state index contributed by atoms with van der Waals surface area (Å²) in [6.45, 7) is 0.945. The lowest BCUT2D eigenvalue weighted by Gasteiger charge is -2.31. The van der Waals surface area contributed by atoms with E-state index in [9.17, 15) is 8.42 Å². The normalized spacial score (nSPS) is 19.5. The van der Waals surface area contributed by atoms with Crippen LogP contribution < -0.4 is 0 Å². The smallest absolute Gasteiger partial charge is 0.218 e. The number of ether oxygens (including phenoxy) is 1. The van der Waals surface area contributed by atoms with Gasteiger partial charge in [0, 0.05) is 6.54 Å². The lowest BCUT2D eigenvalue weighted by atomic mass is 10.2. The maximum atomic E-state index is 12.5. The number of halogens is 2. The fourth-order valence-corrected chi connectivity index (χ4v) is 4.53. The first-order chi connectivity index (χ1) is 12.5. The second-order valence-electron chi connectivity index (χ2n) is 6.07. The van der Waals surface area contributed by atoms with Crippen molar-refractivity contribution in [2.45, 2.75) is 19.2 Å². The summed E-state index contributed by atoms with van der Waals surface area (Å²) in [7, 11) is -3.40. The van der Waals surface area contributed by atoms with Gasteiger partial charge in [0.1, 0.15) is 0 Å². The molecule has 2 aromatic rings. The highest BCUT2D eigenvalue weighted by molar-refractivity contribution is 7.89. The van der Waals surface area contributed by atoms with Gasteiger partial charge in [-0.3, -0.25) is 0 Å². The van der Waals surface area contributed by atoms with E-state index in [2.05, 4.69) is 0 Å². The molecule has 0 spiro atoms. The van der Waals surface area contributed by atoms with Gasteiger partial charge in [-0.25, -0.2) is 8.42 Å². The highest BCUT2D eigenvalue weighted by atomic mass is 35.5. The van der Waals surface area contributed by atoms with Crippen LogP contribution in [0.1, 0.15) is 11.1 Å². The van der Waals surface area contributed by atoms with Crippen LogP contribution in [0.5, 0.6) is 0 Å². The molecular weight excluding hydrogens is 393 g/mol. The summed E-state index contributed by atoms with van der Waals surface area (Å²) in [5, 5.41) is 0.852. The molecule has 0 aromatic heterocycles. The van der Waals surface area contributed by atoms with Crippen LogP contribution in [0, 0.1) is 0 Å². The first kappa shape index (κ1) is 19.4. The van der Waals surface area contributed by atoms with Gasteiger partial charge in [-0.2, -0.15) is 4.31 Å². The minimum Gasteiger partial charge on any atom is -0.375 e. The third kappa shape index (κ3) is 4.87. The van der Waals surface area contributed by atoms with Crippen molar-refractivity contribution in [2.24, 2.45) is 0 Å². The highest BCUT2D eigenvalue weighted by Gasteiger charge is 2.31. The van der Waals surface area contributed by atoms with E-state index in [4.69, 9.17) is 27.9 Å². The number of hydrogen-bond donors (Lipinski definition) is 0.